The molecule has 0 aromatic carbocycles. The van der Waals surface area contributed by atoms with Crippen molar-refractivity contribution in [3.8, 4) is 0 Å². The first-order chi connectivity index (χ1) is 11.5. The van der Waals surface area contributed by atoms with Gasteiger partial charge in [0.15, 0.2) is 0 Å². The molecule has 0 N–H and O–H groups in total. The zero-order chi connectivity index (χ0) is 18.8. The highest BCUT2D eigenvalue weighted by Crippen LogP contribution is 2.42. The monoisotopic (exact) mass is 361 g/mol. The number of rotatable bonds is 5. The molecule has 0 spiro atoms. The van der Waals surface area contributed by atoms with E-state index in [0.717, 1.165) is 0 Å². The van der Waals surface area contributed by atoms with Crippen LogP contribution in [0.3, 0.4) is 0 Å². The fourth-order valence-corrected chi connectivity index (χ4v) is 4.04. The van der Waals surface area contributed by atoms with E-state index in [9.17, 15) is 4.79 Å². The molecule has 25 heavy (non-hydrogen) atoms. The van der Waals surface area contributed by atoms with E-state index in [0.29, 0.717) is 45.4 Å². The minimum Gasteiger partial charge on any atom is -0.459 e. The van der Waals surface area contributed by atoms with Gasteiger partial charge in [-0.1, -0.05) is 13.8 Å². The number of esters is 1. The standard InChI is InChI=1S/C19H33F2NO3/c1-13(2)16(17(23)25-18(3,4)5)22-10-6-7-15(22)19(20,21)14-8-11-24-12-9-14/h13-16H,6-12H2,1-5H3. The molecule has 2 rings (SSSR count). The highest BCUT2D eigenvalue weighted by atomic mass is 19.3. The SMILES string of the molecule is CC(C)C(C(=O)OC(C)(C)C)N1CCCC1C(F)(F)C1CCOCC1. The summed E-state index contributed by atoms with van der Waals surface area (Å²) in [6.07, 6.45) is 1.89. The van der Waals surface area contributed by atoms with Crippen LogP contribution in [0.4, 0.5) is 8.78 Å². The molecule has 2 aliphatic heterocycles. The molecule has 0 amide bonds. The number of halogens is 2. The summed E-state index contributed by atoms with van der Waals surface area (Å²) in [5, 5.41) is 0. The van der Waals surface area contributed by atoms with E-state index >= 15 is 8.78 Å². The van der Waals surface area contributed by atoms with Gasteiger partial charge >= 0.3 is 5.97 Å². The molecule has 2 unspecified atom stereocenters. The summed E-state index contributed by atoms with van der Waals surface area (Å²) < 4.78 is 41.3. The van der Waals surface area contributed by atoms with Gasteiger partial charge in [0.2, 0.25) is 0 Å². The van der Waals surface area contributed by atoms with Crippen LogP contribution in [-0.2, 0) is 14.3 Å². The molecule has 0 aromatic heterocycles. The van der Waals surface area contributed by atoms with Crippen molar-refractivity contribution in [2.75, 3.05) is 19.8 Å². The van der Waals surface area contributed by atoms with Crippen LogP contribution < -0.4 is 0 Å². The fourth-order valence-electron chi connectivity index (χ4n) is 4.04. The molecule has 4 nitrogen and oxygen atoms in total. The van der Waals surface area contributed by atoms with Crippen LogP contribution in [-0.4, -0.2) is 54.2 Å². The van der Waals surface area contributed by atoms with Crippen molar-refractivity contribution in [2.24, 2.45) is 11.8 Å². The Hall–Kier alpha value is -0.750. The summed E-state index contributed by atoms with van der Waals surface area (Å²) in [5.41, 5.74) is -0.622. The average molecular weight is 361 g/mol. The third kappa shape index (κ3) is 4.91. The summed E-state index contributed by atoms with van der Waals surface area (Å²) in [7, 11) is 0. The number of hydrogen-bond acceptors (Lipinski definition) is 4. The van der Waals surface area contributed by atoms with Crippen molar-refractivity contribution < 1.29 is 23.0 Å². The lowest BCUT2D eigenvalue weighted by atomic mass is 9.86. The maximum atomic E-state index is 15.2. The maximum Gasteiger partial charge on any atom is 0.324 e. The van der Waals surface area contributed by atoms with Gasteiger partial charge in [0.1, 0.15) is 11.6 Å². The third-order valence-corrected chi connectivity index (χ3v) is 5.14. The van der Waals surface area contributed by atoms with Gasteiger partial charge in [-0.2, -0.15) is 0 Å². The number of carbonyl (C=O) groups excluding carboxylic acids is 1. The van der Waals surface area contributed by atoms with Crippen LogP contribution in [0.25, 0.3) is 0 Å². The number of alkyl halides is 2. The molecular weight excluding hydrogens is 328 g/mol. The van der Waals surface area contributed by atoms with Crippen molar-refractivity contribution >= 4 is 5.97 Å². The van der Waals surface area contributed by atoms with Gasteiger partial charge in [-0.15, -0.1) is 0 Å². The van der Waals surface area contributed by atoms with Crippen molar-refractivity contribution in [3.05, 3.63) is 0 Å². The zero-order valence-corrected chi connectivity index (χ0v) is 16.2. The Labute approximate surface area is 150 Å². The van der Waals surface area contributed by atoms with Crippen molar-refractivity contribution in [3.63, 3.8) is 0 Å². The van der Waals surface area contributed by atoms with E-state index < -0.39 is 35.5 Å². The molecule has 2 fully saturated rings. The molecule has 0 aromatic rings. The Morgan fingerprint density at radius 3 is 2.28 bits per heavy atom. The van der Waals surface area contributed by atoms with Gasteiger partial charge in [-0.05, 0) is 58.9 Å². The highest BCUT2D eigenvalue weighted by Gasteiger charge is 2.54. The first-order valence-electron chi connectivity index (χ1n) is 9.48. The van der Waals surface area contributed by atoms with Gasteiger partial charge in [0.25, 0.3) is 5.92 Å². The fraction of sp³-hybridized carbons (Fsp3) is 0.947. The molecule has 2 atom stereocenters. The van der Waals surface area contributed by atoms with Gasteiger partial charge < -0.3 is 9.47 Å². The maximum absolute atomic E-state index is 15.2. The van der Waals surface area contributed by atoms with Crippen LogP contribution in [0.2, 0.25) is 0 Å². The number of nitrogens with zero attached hydrogens (tertiary/aromatic N) is 1. The van der Waals surface area contributed by atoms with Gasteiger partial charge in [0.05, 0.1) is 6.04 Å². The smallest absolute Gasteiger partial charge is 0.324 e. The summed E-state index contributed by atoms with van der Waals surface area (Å²) in [4.78, 5) is 14.4. The number of likely N-dealkylation sites (tertiary alicyclic amines) is 1. The van der Waals surface area contributed by atoms with Crippen LogP contribution >= 0.6 is 0 Å². The van der Waals surface area contributed by atoms with Crippen molar-refractivity contribution in [1.29, 1.82) is 0 Å². The van der Waals surface area contributed by atoms with Crippen molar-refractivity contribution in [2.45, 2.75) is 83.9 Å². The molecule has 0 aliphatic carbocycles. The Morgan fingerprint density at radius 2 is 1.76 bits per heavy atom. The van der Waals surface area contributed by atoms with Crippen molar-refractivity contribution in [1.82, 2.24) is 4.90 Å². The number of ether oxygens (including phenoxy) is 2. The topological polar surface area (TPSA) is 38.8 Å². The summed E-state index contributed by atoms with van der Waals surface area (Å²) in [6, 6.07) is -1.52. The minimum atomic E-state index is -2.81. The highest BCUT2D eigenvalue weighted by molar-refractivity contribution is 5.76. The van der Waals surface area contributed by atoms with Crippen LogP contribution in [0.5, 0.6) is 0 Å². The average Bonchev–Trinajstić information content (AvgIpc) is 2.95. The van der Waals surface area contributed by atoms with Gasteiger partial charge in [0, 0.05) is 19.1 Å². The molecule has 146 valence electrons. The van der Waals surface area contributed by atoms with Crippen LogP contribution in [0.1, 0.15) is 60.3 Å². The van der Waals surface area contributed by atoms with Gasteiger partial charge in [-0.25, -0.2) is 8.78 Å². The molecule has 2 saturated heterocycles. The summed E-state index contributed by atoms with van der Waals surface area (Å²) >= 11 is 0. The molecule has 2 aliphatic rings. The largest absolute Gasteiger partial charge is 0.459 e. The first-order valence-corrected chi connectivity index (χ1v) is 9.48. The van der Waals surface area contributed by atoms with E-state index in [-0.39, 0.29) is 5.92 Å². The van der Waals surface area contributed by atoms with Crippen LogP contribution in [0.15, 0.2) is 0 Å². The molecule has 6 heteroatoms. The quantitative estimate of drug-likeness (QED) is 0.697. The second-order valence-electron chi connectivity index (χ2n) is 8.68. The second-order valence-corrected chi connectivity index (χ2v) is 8.68. The lowest BCUT2D eigenvalue weighted by Crippen LogP contribution is -2.56. The molecular formula is C19H33F2NO3. The zero-order valence-electron chi connectivity index (χ0n) is 16.2. The predicted molar refractivity (Wildman–Crippen MR) is 92.7 cm³/mol. The van der Waals surface area contributed by atoms with Crippen LogP contribution in [0, 0.1) is 11.8 Å². The second kappa shape index (κ2) is 7.87. The Kier molecular flexibility index (Phi) is 6.47. The Balaban J connectivity index is 2.20. The van der Waals surface area contributed by atoms with E-state index in [2.05, 4.69) is 0 Å². The normalized spacial score (nSPS) is 25.4. The number of hydrogen-bond donors (Lipinski definition) is 0. The molecule has 0 saturated carbocycles. The third-order valence-electron chi connectivity index (χ3n) is 5.14. The van der Waals surface area contributed by atoms with Gasteiger partial charge in [-0.3, -0.25) is 9.69 Å². The van der Waals surface area contributed by atoms with E-state index in [1.165, 1.54) is 0 Å². The lowest BCUT2D eigenvalue weighted by molar-refractivity contribution is -0.174. The van der Waals surface area contributed by atoms with E-state index in [1.807, 2.05) is 13.8 Å². The van der Waals surface area contributed by atoms with E-state index in [1.54, 1.807) is 25.7 Å². The summed E-state index contributed by atoms with van der Waals surface area (Å²) in [5.74, 6) is -3.95. The van der Waals surface area contributed by atoms with E-state index in [4.69, 9.17) is 9.47 Å². The predicted octanol–water partition coefficient (Wildman–Crippen LogP) is 3.88. The molecule has 2 heterocycles. The minimum absolute atomic E-state index is 0.0825. The molecule has 0 radical (unpaired) electrons. The summed E-state index contributed by atoms with van der Waals surface area (Å²) in [6.45, 7) is 10.5. The Morgan fingerprint density at radius 1 is 1.16 bits per heavy atom. The lowest BCUT2D eigenvalue weighted by Gasteiger charge is -2.41. The molecule has 0 bridgehead atoms. The Bertz CT molecular complexity index is 456. The first kappa shape index (κ1) is 20.6. The number of carbonyl (C=O) groups is 1.